The number of hydrogen-bond acceptors (Lipinski definition) is 7. The molecule has 1 aromatic carbocycles. The highest BCUT2D eigenvalue weighted by Crippen LogP contribution is 2.48. The molecule has 3 aliphatic rings. The molecule has 3 heterocycles. The standard InChI is InChI=1S/C25H31FN4O4/c1-25(2,3)34-24(31)30-10-16-12-32-13-17(11-30)21(16)33-23-20(15-8-9-15)22(27-14-28-23)29-19-7-5-4-6-18(19)26/h4-7,14-17,21H,8-13H2,1-3H3,(H,27,28,29). The highest BCUT2D eigenvalue weighted by atomic mass is 19.1. The summed E-state index contributed by atoms with van der Waals surface area (Å²) in [5.41, 5.74) is 0.710. The molecule has 2 unspecified atom stereocenters. The third kappa shape index (κ3) is 4.94. The van der Waals surface area contributed by atoms with Crippen LogP contribution >= 0.6 is 0 Å². The van der Waals surface area contributed by atoms with E-state index in [1.807, 2.05) is 20.8 Å². The number of hydrogen-bond donors (Lipinski definition) is 1. The number of para-hydroxylation sites is 1. The molecule has 2 bridgehead atoms. The van der Waals surface area contributed by atoms with Gasteiger partial charge in [-0.15, -0.1) is 0 Å². The van der Waals surface area contributed by atoms with Gasteiger partial charge < -0.3 is 24.4 Å². The van der Waals surface area contributed by atoms with Crippen molar-refractivity contribution in [3.63, 3.8) is 0 Å². The Morgan fingerprint density at radius 1 is 1.15 bits per heavy atom. The van der Waals surface area contributed by atoms with E-state index < -0.39 is 5.60 Å². The summed E-state index contributed by atoms with van der Waals surface area (Å²) in [4.78, 5) is 23.3. The summed E-state index contributed by atoms with van der Waals surface area (Å²) in [5, 5.41) is 3.13. The third-order valence-corrected chi connectivity index (χ3v) is 6.36. The van der Waals surface area contributed by atoms with Gasteiger partial charge in [-0.2, -0.15) is 0 Å². The van der Waals surface area contributed by atoms with Gasteiger partial charge in [0.2, 0.25) is 5.88 Å². The Morgan fingerprint density at radius 3 is 2.50 bits per heavy atom. The fraction of sp³-hybridized carbons (Fsp3) is 0.560. The molecule has 1 saturated carbocycles. The molecule has 8 nitrogen and oxygen atoms in total. The first-order valence-electron chi connectivity index (χ1n) is 11.9. The molecule has 1 aromatic heterocycles. The zero-order valence-electron chi connectivity index (χ0n) is 19.8. The summed E-state index contributed by atoms with van der Waals surface area (Å²) in [6.45, 7) is 7.61. The van der Waals surface area contributed by atoms with Crippen LogP contribution < -0.4 is 10.1 Å². The van der Waals surface area contributed by atoms with Crippen molar-refractivity contribution in [1.82, 2.24) is 14.9 Å². The molecule has 5 rings (SSSR count). The van der Waals surface area contributed by atoms with E-state index in [4.69, 9.17) is 14.2 Å². The second kappa shape index (κ2) is 9.02. The van der Waals surface area contributed by atoms with Crippen LogP contribution in [0.3, 0.4) is 0 Å². The molecule has 0 spiro atoms. The first-order chi connectivity index (χ1) is 16.3. The highest BCUT2D eigenvalue weighted by molar-refractivity contribution is 5.68. The van der Waals surface area contributed by atoms with Gasteiger partial charge in [0.15, 0.2) is 0 Å². The van der Waals surface area contributed by atoms with E-state index >= 15 is 0 Å². The number of rotatable bonds is 5. The maximum Gasteiger partial charge on any atom is 0.410 e. The van der Waals surface area contributed by atoms with Crippen molar-refractivity contribution in [3.05, 3.63) is 42.0 Å². The fourth-order valence-electron chi connectivity index (χ4n) is 4.70. The molecule has 2 saturated heterocycles. The Kier molecular flexibility index (Phi) is 6.06. The minimum Gasteiger partial charge on any atom is -0.473 e. The summed E-state index contributed by atoms with van der Waals surface area (Å²) < 4.78 is 32.2. The number of fused-ring (bicyclic) bond motifs is 2. The summed E-state index contributed by atoms with van der Waals surface area (Å²) in [6.07, 6.45) is 3.04. The molecule has 1 aliphatic carbocycles. The fourth-order valence-corrected chi connectivity index (χ4v) is 4.70. The lowest BCUT2D eigenvalue weighted by Gasteiger charge is -2.46. The van der Waals surface area contributed by atoms with Gasteiger partial charge in [-0.25, -0.2) is 19.2 Å². The van der Waals surface area contributed by atoms with Crippen LogP contribution in [-0.2, 0) is 9.47 Å². The number of carbonyl (C=O) groups is 1. The van der Waals surface area contributed by atoms with Crippen molar-refractivity contribution >= 4 is 17.6 Å². The lowest BCUT2D eigenvalue weighted by molar-refractivity contribution is -0.113. The van der Waals surface area contributed by atoms with Gasteiger partial charge in [-0.05, 0) is 51.7 Å². The molecule has 34 heavy (non-hydrogen) atoms. The molecule has 182 valence electrons. The van der Waals surface area contributed by atoms with Gasteiger partial charge in [0.1, 0.15) is 29.7 Å². The van der Waals surface area contributed by atoms with Crippen LogP contribution in [0.15, 0.2) is 30.6 Å². The molecule has 3 fully saturated rings. The lowest BCUT2D eigenvalue weighted by Crippen LogP contribution is -2.59. The molecule has 0 radical (unpaired) electrons. The summed E-state index contributed by atoms with van der Waals surface area (Å²) in [5.74, 6) is 1.05. The average molecular weight is 471 g/mol. The average Bonchev–Trinajstić information content (AvgIpc) is 3.59. The number of likely N-dealkylation sites (tertiary alicyclic amines) is 1. The molecular weight excluding hydrogens is 439 g/mol. The maximum atomic E-state index is 14.3. The lowest BCUT2D eigenvalue weighted by atomic mass is 9.84. The van der Waals surface area contributed by atoms with Crippen LogP contribution in [0.5, 0.6) is 5.88 Å². The van der Waals surface area contributed by atoms with E-state index in [1.165, 1.54) is 12.4 Å². The van der Waals surface area contributed by atoms with Gasteiger partial charge in [0.25, 0.3) is 0 Å². The van der Waals surface area contributed by atoms with Gasteiger partial charge >= 0.3 is 6.09 Å². The summed E-state index contributed by atoms with van der Waals surface area (Å²) >= 11 is 0. The van der Waals surface area contributed by atoms with Gasteiger partial charge in [-0.3, -0.25) is 0 Å². The first-order valence-corrected chi connectivity index (χ1v) is 11.9. The van der Waals surface area contributed by atoms with Crippen molar-refractivity contribution in [2.24, 2.45) is 11.8 Å². The number of ether oxygens (including phenoxy) is 3. The zero-order valence-corrected chi connectivity index (χ0v) is 19.8. The quantitative estimate of drug-likeness (QED) is 0.689. The molecule has 9 heteroatoms. The van der Waals surface area contributed by atoms with E-state index in [0.29, 0.717) is 43.7 Å². The van der Waals surface area contributed by atoms with Crippen molar-refractivity contribution in [2.45, 2.75) is 51.2 Å². The molecule has 2 aliphatic heterocycles. The Bertz CT molecular complexity index is 1040. The van der Waals surface area contributed by atoms with E-state index in [0.717, 1.165) is 18.4 Å². The number of halogens is 1. The number of aromatic nitrogens is 2. The minimum atomic E-state index is -0.544. The number of benzene rings is 1. The predicted octanol–water partition coefficient (Wildman–Crippen LogP) is 4.50. The van der Waals surface area contributed by atoms with Crippen LogP contribution in [0, 0.1) is 17.7 Å². The van der Waals surface area contributed by atoms with Crippen LogP contribution in [-0.4, -0.2) is 59.0 Å². The van der Waals surface area contributed by atoms with Crippen molar-refractivity contribution in [2.75, 3.05) is 31.6 Å². The molecule has 1 amide bonds. The normalized spacial score (nSPS) is 24.5. The van der Waals surface area contributed by atoms with E-state index in [2.05, 4.69) is 15.3 Å². The van der Waals surface area contributed by atoms with E-state index in [1.54, 1.807) is 23.1 Å². The van der Waals surface area contributed by atoms with Crippen molar-refractivity contribution in [3.8, 4) is 5.88 Å². The van der Waals surface area contributed by atoms with Gasteiger partial charge in [-0.1, -0.05) is 12.1 Å². The van der Waals surface area contributed by atoms with E-state index in [-0.39, 0.29) is 35.8 Å². The number of nitrogens with one attached hydrogen (secondary N) is 1. The number of amides is 1. The van der Waals surface area contributed by atoms with E-state index in [9.17, 15) is 9.18 Å². The Hall–Kier alpha value is -2.94. The minimum absolute atomic E-state index is 0.00464. The highest BCUT2D eigenvalue weighted by Gasteiger charge is 2.45. The van der Waals surface area contributed by atoms with Gasteiger partial charge in [0, 0.05) is 24.9 Å². The van der Waals surface area contributed by atoms with Crippen LogP contribution in [0.2, 0.25) is 0 Å². The van der Waals surface area contributed by atoms with Gasteiger partial charge in [0.05, 0.1) is 24.5 Å². The van der Waals surface area contributed by atoms with Crippen molar-refractivity contribution in [1.29, 1.82) is 0 Å². The number of piperidine rings is 1. The number of nitrogens with zero attached hydrogens (tertiary/aromatic N) is 3. The smallest absolute Gasteiger partial charge is 0.410 e. The Labute approximate surface area is 198 Å². The second-order valence-electron chi connectivity index (χ2n) is 10.3. The molecule has 2 aromatic rings. The number of carbonyl (C=O) groups excluding carboxylic acids is 1. The predicted molar refractivity (Wildman–Crippen MR) is 124 cm³/mol. The second-order valence-corrected chi connectivity index (χ2v) is 10.3. The Morgan fingerprint density at radius 2 is 1.85 bits per heavy atom. The van der Waals surface area contributed by atoms with Crippen LogP contribution in [0.25, 0.3) is 0 Å². The van der Waals surface area contributed by atoms with Crippen LogP contribution in [0.1, 0.15) is 45.1 Å². The zero-order chi connectivity index (χ0) is 23.9. The molecular formula is C25H31FN4O4. The first kappa shape index (κ1) is 22.8. The number of anilines is 2. The summed E-state index contributed by atoms with van der Waals surface area (Å²) in [6, 6.07) is 6.53. The maximum absolute atomic E-state index is 14.3. The largest absolute Gasteiger partial charge is 0.473 e. The third-order valence-electron chi connectivity index (χ3n) is 6.36. The SMILES string of the molecule is CC(C)(C)OC(=O)N1CC2COCC(C1)C2Oc1ncnc(Nc2ccccc2F)c1C1CC1. The monoisotopic (exact) mass is 470 g/mol. The summed E-state index contributed by atoms with van der Waals surface area (Å²) in [7, 11) is 0. The molecule has 2 atom stereocenters. The van der Waals surface area contributed by atoms with Crippen molar-refractivity contribution < 1.29 is 23.4 Å². The van der Waals surface area contributed by atoms with Crippen LogP contribution in [0.4, 0.5) is 20.7 Å². The molecule has 1 N–H and O–H groups in total. The topological polar surface area (TPSA) is 85.8 Å². The Balaban J connectivity index is 1.36.